The molecule has 1 aliphatic rings. The highest BCUT2D eigenvalue weighted by atomic mass is 16.6. The molecule has 1 unspecified atom stereocenters. The first-order chi connectivity index (χ1) is 7.37. The lowest BCUT2D eigenvalue weighted by Gasteiger charge is -2.29. The van der Waals surface area contributed by atoms with Crippen LogP contribution in [0.4, 0.5) is 0 Å². The normalized spacial score (nSPS) is 20.4. The lowest BCUT2D eigenvalue weighted by molar-refractivity contribution is -0.652. The monoisotopic (exact) mass is 230 g/mol. The second-order valence-electron chi connectivity index (χ2n) is 5.04. The molecule has 0 aromatic rings. The summed E-state index contributed by atoms with van der Waals surface area (Å²) in [5.74, 6) is -0.149. The van der Waals surface area contributed by atoms with Crippen LogP contribution in [-0.4, -0.2) is 21.4 Å². The van der Waals surface area contributed by atoms with Crippen molar-refractivity contribution in [1.82, 2.24) is 0 Å². The average molecular weight is 230 g/mol. The van der Waals surface area contributed by atoms with Crippen molar-refractivity contribution in [3.05, 3.63) is 20.2 Å². The second-order valence-corrected chi connectivity index (χ2v) is 5.04. The zero-order chi connectivity index (χ0) is 12.3. The first-order valence-electron chi connectivity index (χ1n) is 5.65. The maximum atomic E-state index is 11.1. The molecule has 0 heterocycles. The van der Waals surface area contributed by atoms with Crippen molar-refractivity contribution in [2.45, 2.75) is 57.5 Å². The van der Waals surface area contributed by atoms with Gasteiger partial charge in [-0.05, 0) is 12.8 Å². The van der Waals surface area contributed by atoms with Gasteiger partial charge in [0, 0.05) is 29.6 Å². The molecule has 6 heteroatoms. The highest BCUT2D eigenvalue weighted by Crippen LogP contribution is 2.33. The van der Waals surface area contributed by atoms with Gasteiger partial charge in [0.15, 0.2) is 0 Å². The van der Waals surface area contributed by atoms with Gasteiger partial charge in [-0.2, -0.15) is 0 Å². The number of nitro groups is 2. The summed E-state index contributed by atoms with van der Waals surface area (Å²) in [5, 5.41) is 22.0. The Hall–Kier alpha value is -1.20. The summed E-state index contributed by atoms with van der Waals surface area (Å²) in [6.45, 7) is 2.71. The molecule has 0 saturated heterocycles. The molecule has 16 heavy (non-hydrogen) atoms. The molecule has 0 amide bonds. The summed E-state index contributed by atoms with van der Waals surface area (Å²) in [6, 6.07) is -1.07. The van der Waals surface area contributed by atoms with Crippen LogP contribution in [0, 0.1) is 26.1 Å². The van der Waals surface area contributed by atoms with Crippen molar-refractivity contribution < 1.29 is 9.85 Å². The van der Waals surface area contributed by atoms with Gasteiger partial charge in [-0.3, -0.25) is 20.2 Å². The fraction of sp³-hybridized carbons (Fsp3) is 1.00. The van der Waals surface area contributed by atoms with Crippen LogP contribution in [0.25, 0.3) is 0 Å². The maximum Gasteiger partial charge on any atom is 0.283 e. The highest BCUT2D eigenvalue weighted by molar-refractivity contribution is 4.86. The van der Waals surface area contributed by atoms with E-state index in [9.17, 15) is 20.2 Å². The molecule has 1 aliphatic carbocycles. The Morgan fingerprint density at radius 2 is 1.62 bits per heavy atom. The Kier molecular flexibility index (Phi) is 3.83. The molecule has 1 saturated carbocycles. The molecular weight excluding hydrogens is 212 g/mol. The highest BCUT2D eigenvalue weighted by Gasteiger charge is 2.53. The van der Waals surface area contributed by atoms with Gasteiger partial charge in [-0.1, -0.05) is 19.3 Å². The van der Waals surface area contributed by atoms with E-state index in [-0.39, 0.29) is 5.92 Å². The van der Waals surface area contributed by atoms with Gasteiger partial charge in [0.25, 0.3) is 11.6 Å². The lowest BCUT2D eigenvalue weighted by Crippen LogP contribution is -2.52. The van der Waals surface area contributed by atoms with Crippen molar-refractivity contribution >= 4 is 0 Å². The minimum absolute atomic E-state index is 0.149. The van der Waals surface area contributed by atoms with Gasteiger partial charge in [-0.25, -0.2) is 0 Å². The molecule has 1 atom stereocenters. The Bertz CT molecular complexity index is 285. The zero-order valence-electron chi connectivity index (χ0n) is 9.72. The minimum Gasteiger partial charge on any atom is -0.264 e. The fourth-order valence-electron chi connectivity index (χ4n) is 2.56. The standard InChI is InChI=1S/C10H18N2O4/c1-10(2,12(15)16)9(11(13)14)8-6-4-3-5-7-8/h8-9H,3-7H2,1-2H3. The summed E-state index contributed by atoms with van der Waals surface area (Å²) in [4.78, 5) is 21.0. The van der Waals surface area contributed by atoms with E-state index in [1.165, 1.54) is 13.8 Å². The SMILES string of the molecule is CC(C)(C(C1CCCCC1)[N+](=O)[O-])[N+](=O)[O-]. The minimum atomic E-state index is -1.48. The van der Waals surface area contributed by atoms with Crippen molar-refractivity contribution in [2.24, 2.45) is 5.92 Å². The predicted octanol–water partition coefficient (Wildman–Crippen LogP) is 2.27. The van der Waals surface area contributed by atoms with E-state index in [2.05, 4.69) is 0 Å². The van der Waals surface area contributed by atoms with Gasteiger partial charge in [0.05, 0.1) is 0 Å². The van der Waals surface area contributed by atoms with E-state index in [0.29, 0.717) is 0 Å². The van der Waals surface area contributed by atoms with Crippen LogP contribution in [-0.2, 0) is 0 Å². The first kappa shape index (κ1) is 12.9. The molecule has 6 nitrogen and oxygen atoms in total. The van der Waals surface area contributed by atoms with Gasteiger partial charge in [0.2, 0.25) is 0 Å². The topological polar surface area (TPSA) is 86.3 Å². The molecule has 0 aliphatic heterocycles. The quantitative estimate of drug-likeness (QED) is 0.547. The predicted molar refractivity (Wildman–Crippen MR) is 58.4 cm³/mol. The van der Waals surface area contributed by atoms with E-state index in [1.54, 1.807) is 0 Å². The summed E-state index contributed by atoms with van der Waals surface area (Å²) in [5.41, 5.74) is -1.48. The van der Waals surface area contributed by atoms with Crippen molar-refractivity contribution in [1.29, 1.82) is 0 Å². The molecule has 0 aromatic carbocycles. The van der Waals surface area contributed by atoms with Gasteiger partial charge < -0.3 is 0 Å². The van der Waals surface area contributed by atoms with E-state index >= 15 is 0 Å². The van der Waals surface area contributed by atoms with Crippen LogP contribution in [0.2, 0.25) is 0 Å². The molecule has 0 N–H and O–H groups in total. The van der Waals surface area contributed by atoms with Crippen LogP contribution in [0.5, 0.6) is 0 Å². The summed E-state index contributed by atoms with van der Waals surface area (Å²) < 4.78 is 0. The van der Waals surface area contributed by atoms with Gasteiger partial charge >= 0.3 is 0 Å². The summed E-state index contributed by atoms with van der Waals surface area (Å²) in [7, 11) is 0. The van der Waals surface area contributed by atoms with E-state index < -0.39 is 21.4 Å². The zero-order valence-corrected chi connectivity index (χ0v) is 9.72. The number of hydrogen-bond acceptors (Lipinski definition) is 4. The lowest BCUT2D eigenvalue weighted by atomic mass is 9.77. The van der Waals surface area contributed by atoms with Crippen LogP contribution in [0.15, 0.2) is 0 Å². The Morgan fingerprint density at radius 1 is 1.12 bits per heavy atom. The van der Waals surface area contributed by atoms with E-state index in [0.717, 1.165) is 32.1 Å². The largest absolute Gasteiger partial charge is 0.283 e. The maximum absolute atomic E-state index is 11.1. The van der Waals surface area contributed by atoms with Crippen LogP contribution >= 0.6 is 0 Å². The fourth-order valence-corrected chi connectivity index (χ4v) is 2.56. The first-order valence-corrected chi connectivity index (χ1v) is 5.65. The Morgan fingerprint density at radius 3 is 2.00 bits per heavy atom. The molecule has 1 fully saturated rings. The molecular formula is C10H18N2O4. The third kappa shape index (κ3) is 2.48. The van der Waals surface area contributed by atoms with Crippen molar-refractivity contribution in [3.8, 4) is 0 Å². The second kappa shape index (κ2) is 4.76. The van der Waals surface area contributed by atoms with Gasteiger partial charge in [-0.15, -0.1) is 0 Å². The van der Waals surface area contributed by atoms with E-state index in [4.69, 9.17) is 0 Å². The third-order valence-electron chi connectivity index (χ3n) is 3.52. The number of hydrogen-bond donors (Lipinski definition) is 0. The Balaban J connectivity index is 2.89. The molecule has 1 rings (SSSR count). The smallest absolute Gasteiger partial charge is 0.264 e. The van der Waals surface area contributed by atoms with Crippen LogP contribution in [0.3, 0.4) is 0 Å². The molecule has 92 valence electrons. The van der Waals surface area contributed by atoms with E-state index in [1.807, 2.05) is 0 Å². The third-order valence-corrected chi connectivity index (χ3v) is 3.52. The average Bonchev–Trinajstić information content (AvgIpc) is 2.18. The molecule has 0 spiro atoms. The van der Waals surface area contributed by atoms with Gasteiger partial charge in [0.1, 0.15) is 0 Å². The Labute approximate surface area is 94.3 Å². The molecule has 0 aromatic heterocycles. The molecule has 0 bridgehead atoms. The van der Waals surface area contributed by atoms with Crippen molar-refractivity contribution in [2.75, 3.05) is 0 Å². The summed E-state index contributed by atoms with van der Waals surface area (Å²) >= 11 is 0. The van der Waals surface area contributed by atoms with Crippen LogP contribution in [0.1, 0.15) is 46.0 Å². The molecule has 0 radical (unpaired) electrons. The number of rotatable bonds is 4. The number of nitrogens with zero attached hydrogens (tertiary/aromatic N) is 2. The summed E-state index contributed by atoms with van der Waals surface area (Å²) in [6.07, 6.45) is 4.46. The van der Waals surface area contributed by atoms with Crippen LogP contribution < -0.4 is 0 Å². The van der Waals surface area contributed by atoms with Crippen molar-refractivity contribution in [3.63, 3.8) is 0 Å².